The summed E-state index contributed by atoms with van der Waals surface area (Å²) in [6.45, 7) is 9.29. The van der Waals surface area contributed by atoms with Gasteiger partial charge < -0.3 is 0 Å². The molecule has 0 amide bonds. The number of hydrogen-bond acceptors (Lipinski definition) is 0. The molecule has 2 rings (SSSR count). The van der Waals surface area contributed by atoms with E-state index in [2.05, 4.69) is 20.8 Å². The molecular weight excluding hydrogens is 228 g/mol. The molecular formula is C19H35. The largest absolute Gasteiger partial charge is 0.0651 e. The second-order valence-electron chi connectivity index (χ2n) is 7.65. The lowest BCUT2D eigenvalue weighted by molar-refractivity contribution is 0.200. The van der Waals surface area contributed by atoms with Crippen molar-refractivity contribution in [3.8, 4) is 0 Å². The molecule has 1 radical (unpaired) electrons. The van der Waals surface area contributed by atoms with Gasteiger partial charge in [0, 0.05) is 0 Å². The highest BCUT2D eigenvalue weighted by molar-refractivity contribution is 4.80. The molecule has 0 nitrogen and oxygen atoms in total. The summed E-state index contributed by atoms with van der Waals surface area (Å²) in [7, 11) is 0. The van der Waals surface area contributed by atoms with Crippen molar-refractivity contribution in [3.05, 3.63) is 6.92 Å². The van der Waals surface area contributed by atoms with Gasteiger partial charge in [-0.1, -0.05) is 65.2 Å². The zero-order chi connectivity index (χ0) is 13.7. The van der Waals surface area contributed by atoms with E-state index < -0.39 is 0 Å². The summed E-state index contributed by atoms with van der Waals surface area (Å²) in [5.74, 6) is 4.76. The molecule has 111 valence electrons. The summed E-state index contributed by atoms with van der Waals surface area (Å²) in [4.78, 5) is 0. The summed E-state index contributed by atoms with van der Waals surface area (Å²) in [6, 6.07) is 0. The third kappa shape index (κ3) is 4.80. The van der Waals surface area contributed by atoms with E-state index in [4.69, 9.17) is 0 Å². The number of rotatable bonds is 5. The zero-order valence-corrected chi connectivity index (χ0v) is 13.4. The Labute approximate surface area is 121 Å². The van der Waals surface area contributed by atoms with Gasteiger partial charge in [-0.25, -0.2) is 0 Å². The predicted molar refractivity (Wildman–Crippen MR) is 84.9 cm³/mol. The fourth-order valence-corrected chi connectivity index (χ4v) is 4.37. The van der Waals surface area contributed by atoms with E-state index in [1.165, 1.54) is 70.6 Å². The van der Waals surface area contributed by atoms with Gasteiger partial charge in [0.15, 0.2) is 0 Å². The Balaban J connectivity index is 1.63. The Kier molecular flexibility index (Phi) is 6.23. The van der Waals surface area contributed by atoms with E-state index in [0.29, 0.717) is 0 Å². The Morgan fingerprint density at radius 2 is 1.47 bits per heavy atom. The predicted octanol–water partition coefficient (Wildman–Crippen LogP) is 6.26. The van der Waals surface area contributed by atoms with Crippen molar-refractivity contribution in [2.24, 2.45) is 29.6 Å². The molecule has 0 heterocycles. The van der Waals surface area contributed by atoms with E-state index in [0.717, 1.165) is 29.6 Å². The first-order valence-electron chi connectivity index (χ1n) is 9.02. The van der Waals surface area contributed by atoms with Crippen molar-refractivity contribution in [1.82, 2.24) is 0 Å². The second kappa shape index (κ2) is 7.70. The minimum Gasteiger partial charge on any atom is -0.0651 e. The Bertz CT molecular complexity index is 228. The molecule has 0 N–H and O–H groups in total. The van der Waals surface area contributed by atoms with Gasteiger partial charge in [0.25, 0.3) is 0 Å². The summed E-state index contributed by atoms with van der Waals surface area (Å²) in [6.07, 6.45) is 16.1. The van der Waals surface area contributed by atoms with Crippen molar-refractivity contribution in [1.29, 1.82) is 0 Å². The van der Waals surface area contributed by atoms with Gasteiger partial charge in [-0.3, -0.25) is 0 Å². The SMILES string of the molecule is [CH2]C(CCC1CCC(C)CC1)C1CCC(CC)CC1. The van der Waals surface area contributed by atoms with E-state index in [1.807, 2.05) is 0 Å². The molecule has 0 aliphatic heterocycles. The lowest BCUT2D eigenvalue weighted by atomic mass is 9.73. The standard InChI is InChI=1S/C19H35/c1-4-17-11-13-19(14-12-17)16(3)7-10-18-8-5-15(2)6-9-18/h15-19H,3-14H2,1-2H3. The molecule has 0 aromatic carbocycles. The van der Waals surface area contributed by atoms with Gasteiger partial charge in [-0.05, 0) is 55.8 Å². The summed E-state index contributed by atoms with van der Waals surface area (Å²) in [5.41, 5.74) is 0. The maximum absolute atomic E-state index is 4.51. The van der Waals surface area contributed by atoms with E-state index in [-0.39, 0.29) is 0 Å². The summed E-state index contributed by atoms with van der Waals surface area (Å²) >= 11 is 0. The van der Waals surface area contributed by atoms with Crippen LogP contribution in [0.2, 0.25) is 0 Å². The van der Waals surface area contributed by atoms with Crippen LogP contribution in [0.15, 0.2) is 0 Å². The summed E-state index contributed by atoms with van der Waals surface area (Å²) < 4.78 is 0. The highest BCUT2D eigenvalue weighted by Gasteiger charge is 2.25. The molecule has 2 saturated carbocycles. The highest BCUT2D eigenvalue weighted by Crippen LogP contribution is 2.38. The Morgan fingerprint density at radius 3 is 2.05 bits per heavy atom. The maximum Gasteiger partial charge on any atom is -0.0386 e. The van der Waals surface area contributed by atoms with Crippen molar-refractivity contribution >= 4 is 0 Å². The maximum atomic E-state index is 4.51. The van der Waals surface area contributed by atoms with Gasteiger partial charge >= 0.3 is 0 Å². The van der Waals surface area contributed by atoms with Gasteiger partial charge in [0.05, 0.1) is 0 Å². The third-order valence-electron chi connectivity index (χ3n) is 6.22. The highest BCUT2D eigenvalue weighted by atomic mass is 14.3. The minimum atomic E-state index is 0.747. The van der Waals surface area contributed by atoms with Gasteiger partial charge in [0.2, 0.25) is 0 Å². The minimum absolute atomic E-state index is 0.747. The molecule has 0 aromatic heterocycles. The van der Waals surface area contributed by atoms with Crippen LogP contribution in [-0.4, -0.2) is 0 Å². The van der Waals surface area contributed by atoms with Crippen LogP contribution < -0.4 is 0 Å². The molecule has 2 aliphatic rings. The van der Waals surface area contributed by atoms with Crippen LogP contribution in [0.5, 0.6) is 0 Å². The first kappa shape index (κ1) is 15.4. The normalized spacial score (nSPS) is 38.1. The van der Waals surface area contributed by atoms with Gasteiger partial charge in [-0.2, -0.15) is 0 Å². The molecule has 0 bridgehead atoms. The smallest absolute Gasteiger partial charge is 0.0386 e. The first-order valence-corrected chi connectivity index (χ1v) is 9.02. The van der Waals surface area contributed by atoms with Crippen molar-refractivity contribution < 1.29 is 0 Å². The average molecular weight is 263 g/mol. The molecule has 0 spiro atoms. The Hall–Kier alpha value is 0. The van der Waals surface area contributed by atoms with Crippen LogP contribution in [0.25, 0.3) is 0 Å². The lowest BCUT2D eigenvalue weighted by Crippen LogP contribution is -2.21. The van der Waals surface area contributed by atoms with Crippen molar-refractivity contribution in [3.63, 3.8) is 0 Å². The van der Waals surface area contributed by atoms with Crippen LogP contribution in [-0.2, 0) is 0 Å². The molecule has 0 saturated heterocycles. The van der Waals surface area contributed by atoms with Crippen molar-refractivity contribution in [2.75, 3.05) is 0 Å². The Morgan fingerprint density at radius 1 is 0.895 bits per heavy atom. The fourth-order valence-electron chi connectivity index (χ4n) is 4.37. The lowest BCUT2D eigenvalue weighted by Gasteiger charge is -2.33. The zero-order valence-electron chi connectivity index (χ0n) is 13.4. The topological polar surface area (TPSA) is 0 Å². The third-order valence-corrected chi connectivity index (χ3v) is 6.22. The van der Waals surface area contributed by atoms with E-state index in [1.54, 1.807) is 0 Å². The quantitative estimate of drug-likeness (QED) is 0.549. The summed E-state index contributed by atoms with van der Waals surface area (Å²) in [5, 5.41) is 0. The van der Waals surface area contributed by atoms with Gasteiger partial charge in [0.1, 0.15) is 0 Å². The molecule has 1 atom stereocenters. The first-order chi connectivity index (χ1) is 9.19. The molecule has 2 aliphatic carbocycles. The number of hydrogen-bond donors (Lipinski definition) is 0. The van der Waals surface area contributed by atoms with Crippen LogP contribution in [0, 0.1) is 36.5 Å². The molecule has 0 heteroatoms. The van der Waals surface area contributed by atoms with Crippen LogP contribution in [0.4, 0.5) is 0 Å². The van der Waals surface area contributed by atoms with Crippen LogP contribution >= 0.6 is 0 Å². The monoisotopic (exact) mass is 263 g/mol. The molecule has 0 aromatic rings. The van der Waals surface area contributed by atoms with Gasteiger partial charge in [-0.15, -0.1) is 0 Å². The fraction of sp³-hybridized carbons (Fsp3) is 0.947. The molecule has 19 heavy (non-hydrogen) atoms. The average Bonchev–Trinajstić information content (AvgIpc) is 2.46. The van der Waals surface area contributed by atoms with Crippen molar-refractivity contribution in [2.45, 2.75) is 84.5 Å². The van der Waals surface area contributed by atoms with Crippen LogP contribution in [0.3, 0.4) is 0 Å². The van der Waals surface area contributed by atoms with E-state index in [9.17, 15) is 0 Å². The van der Waals surface area contributed by atoms with Crippen LogP contribution in [0.1, 0.15) is 84.5 Å². The van der Waals surface area contributed by atoms with E-state index >= 15 is 0 Å². The second-order valence-corrected chi connectivity index (χ2v) is 7.65. The molecule has 2 fully saturated rings. The molecule has 1 unspecified atom stereocenters.